The Balaban J connectivity index is 1.84. The molecule has 3 rings (SSSR count). The molecule has 6 heteroatoms. The number of cyclic esters (lactones) is 1. The van der Waals surface area contributed by atoms with Crippen LogP contribution in [0.4, 0.5) is 13.6 Å². The van der Waals surface area contributed by atoms with Crippen molar-refractivity contribution in [1.29, 1.82) is 0 Å². The molecule has 0 N–H and O–H groups in total. The summed E-state index contributed by atoms with van der Waals surface area (Å²) in [7, 11) is 0. The molecular weight excluding hydrogens is 372 g/mol. The molecule has 0 aliphatic carbocycles. The average molecular weight is 392 g/mol. The number of benzene rings is 2. The first-order valence-electron chi connectivity index (χ1n) is 8.68. The van der Waals surface area contributed by atoms with Crippen molar-refractivity contribution in [3.8, 4) is 0 Å². The monoisotopic (exact) mass is 391 g/mol. The summed E-state index contributed by atoms with van der Waals surface area (Å²) >= 11 is 5.73. The van der Waals surface area contributed by atoms with Gasteiger partial charge in [0.05, 0.1) is 11.1 Å². The maximum absolute atomic E-state index is 13.8. The second-order valence-electron chi connectivity index (χ2n) is 6.65. The maximum atomic E-state index is 13.8. The average Bonchev–Trinajstić information content (AvgIpc) is 2.64. The van der Waals surface area contributed by atoms with Gasteiger partial charge >= 0.3 is 6.09 Å². The van der Waals surface area contributed by atoms with Crippen LogP contribution in [0.2, 0.25) is 5.02 Å². The van der Waals surface area contributed by atoms with Crippen LogP contribution in [0.3, 0.4) is 0 Å². The van der Waals surface area contributed by atoms with Crippen LogP contribution in [0.5, 0.6) is 0 Å². The summed E-state index contributed by atoms with van der Waals surface area (Å²) in [4.78, 5) is 14.3. The molecule has 1 aliphatic rings. The molecule has 0 bridgehead atoms. The van der Waals surface area contributed by atoms with Crippen molar-refractivity contribution in [1.82, 2.24) is 4.90 Å². The third-order valence-corrected chi connectivity index (χ3v) is 5.32. The normalized spacial score (nSPS) is 20.9. The minimum absolute atomic E-state index is 0.0356. The Hall–Kier alpha value is -2.40. The Labute approximate surface area is 162 Å². The topological polar surface area (TPSA) is 29.5 Å². The fourth-order valence-electron chi connectivity index (χ4n) is 3.42. The molecule has 2 aromatic carbocycles. The van der Waals surface area contributed by atoms with Crippen LogP contribution in [0, 0.1) is 11.6 Å². The Morgan fingerprint density at radius 3 is 2.59 bits per heavy atom. The summed E-state index contributed by atoms with van der Waals surface area (Å²) in [6.07, 6.45) is 2.11. The lowest BCUT2D eigenvalue weighted by Gasteiger charge is -2.43. The van der Waals surface area contributed by atoms with Crippen LogP contribution in [0.15, 0.2) is 55.1 Å². The van der Waals surface area contributed by atoms with Crippen molar-refractivity contribution >= 4 is 17.7 Å². The molecular formula is C21H20ClF2NO2. The first-order valence-corrected chi connectivity index (χ1v) is 9.05. The molecule has 1 saturated heterocycles. The van der Waals surface area contributed by atoms with E-state index in [1.165, 1.54) is 24.3 Å². The zero-order valence-corrected chi connectivity index (χ0v) is 15.7. The van der Waals surface area contributed by atoms with Gasteiger partial charge in [-0.05, 0) is 42.3 Å². The van der Waals surface area contributed by atoms with Gasteiger partial charge in [0.1, 0.15) is 17.2 Å². The number of hydrogen-bond donors (Lipinski definition) is 0. The largest absolute Gasteiger partial charge is 0.437 e. The van der Waals surface area contributed by atoms with Crippen LogP contribution in [-0.4, -0.2) is 17.5 Å². The van der Waals surface area contributed by atoms with Crippen LogP contribution in [-0.2, 0) is 10.3 Å². The van der Waals surface area contributed by atoms with E-state index in [9.17, 15) is 13.6 Å². The third kappa shape index (κ3) is 3.83. The zero-order valence-electron chi connectivity index (χ0n) is 14.9. The lowest BCUT2D eigenvalue weighted by molar-refractivity contribution is -0.0589. The maximum Gasteiger partial charge on any atom is 0.411 e. The van der Waals surface area contributed by atoms with E-state index >= 15 is 0 Å². The van der Waals surface area contributed by atoms with Crippen LogP contribution < -0.4 is 0 Å². The van der Waals surface area contributed by atoms with E-state index in [1.807, 2.05) is 6.92 Å². The first-order chi connectivity index (χ1) is 12.9. The minimum atomic E-state index is -0.881. The van der Waals surface area contributed by atoms with Crippen LogP contribution in [0.25, 0.3) is 0 Å². The molecule has 27 heavy (non-hydrogen) atoms. The molecule has 2 aromatic rings. The number of halogens is 3. The van der Waals surface area contributed by atoms with Crippen molar-refractivity contribution in [3.05, 3.63) is 82.9 Å². The van der Waals surface area contributed by atoms with Gasteiger partial charge in [0.15, 0.2) is 0 Å². The first kappa shape index (κ1) is 19.4. The summed E-state index contributed by atoms with van der Waals surface area (Å²) in [6.45, 7) is 5.97. The lowest BCUT2D eigenvalue weighted by Crippen LogP contribution is -2.48. The van der Waals surface area contributed by atoms with Crippen LogP contribution >= 0.6 is 11.6 Å². The number of hydrogen-bond acceptors (Lipinski definition) is 2. The van der Waals surface area contributed by atoms with Gasteiger partial charge < -0.3 is 9.64 Å². The summed E-state index contributed by atoms with van der Waals surface area (Å²) in [5.74, 6) is -0.881. The number of ether oxygens (including phenoxy) is 1. The van der Waals surface area contributed by atoms with Crippen molar-refractivity contribution in [2.45, 2.75) is 31.4 Å². The quantitative estimate of drug-likeness (QED) is 0.585. The highest BCUT2D eigenvalue weighted by molar-refractivity contribution is 6.30. The molecule has 0 radical (unpaired) electrons. The fourth-order valence-corrected chi connectivity index (χ4v) is 3.54. The molecule has 1 fully saturated rings. The standard InChI is InChI=1S/C21H20ClF2NO2/c1-3-10-21(16-5-7-17(23)8-6-16)11-12-25(20(26)27-21)14(2)15-4-9-18(22)19(24)13-15/h3-9,13-14H,1,10-12H2,2H3/t14-,21+/m0/s1. The predicted octanol–water partition coefficient (Wildman–Crippen LogP) is 5.99. The smallest absolute Gasteiger partial charge is 0.411 e. The Morgan fingerprint density at radius 2 is 2.00 bits per heavy atom. The molecule has 142 valence electrons. The Morgan fingerprint density at radius 1 is 1.30 bits per heavy atom. The Bertz CT molecular complexity index is 856. The van der Waals surface area contributed by atoms with Gasteiger partial charge in [0.25, 0.3) is 0 Å². The van der Waals surface area contributed by atoms with Gasteiger partial charge in [-0.2, -0.15) is 0 Å². The molecule has 0 aromatic heterocycles. The van der Waals surface area contributed by atoms with E-state index in [0.29, 0.717) is 24.9 Å². The van der Waals surface area contributed by atoms with E-state index in [0.717, 1.165) is 5.56 Å². The number of nitrogens with zero attached hydrogens (tertiary/aromatic N) is 1. The summed E-state index contributed by atoms with van der Waals surface area (Å²) in [5, 5.41) is 0.0356. The van der Waals surface area contributed by atoms with Gasteiger partial charge in [-0.15, -0.1) is 6.58 Å². The van der Waals surface area contributed by atoms with Crippen molar-refractivity contribution in [2.24, 2.45) is 0 Å². The molecule has 0 saturated carbocycles. The summed E-state index contributed by atoms with van der Waals surface area (Å²) < 4.78 is 32.9. The van der Waals surface area contributed by atoms with Crippen molar-refractivity contribution in [3.63, 3.8) is 0 Å². The van der Waals surface area contributed by atoms with Gasteiger partial charge in [-0.25, -0.2) is 13.6 Å². The number of amides is 1. The summed E-state index contributed by atoms with van der Waals surface area (Å²) in [6, 6.07) is 10.1. The highest BCUT2D eigenvalue weighted by atomic mass is 35.5. The Kier molecular flexibility index (Phi) is 5.51. The summed E-state index contributed by atoms with van der Waals surface area (Å²) in [5.41, 5.74) is 0.474. The lowest BCUT2D eigenvalue weighted by atomic mass is 9.85. The number of rotatable bonds is 5. The van der Waals surface area contributed by atoms with Gasteiger partial charge in [-0.3, -0.25) is 0 Å². The molecule has 3 nitrogen and oxygen atoms in total. The molecule has 1 amide bonds. The van der Waals surface area contributed by atoms with Crippen LogP contribution in [0.1, 0.15) is 36.9 Å². The minimum Gasteiger partial charge on any atom is -0.437 e. The molecule has 0 spiro atoms. The van der Waals surface area contributed by atoms with E-state index in [1.54, 1.807) is 29.2 Å². The molecule has 0 unspecified atom stereocenters. The molecule has 1 heterocycles. The SMILES string of the molecule is C=CC[C@]1(c2ccc(F)cc2)CCN([C@@H](C)c2ccc(Cl)c(F)c2)C(=O)O1. The molecule has 2 atom stereocenters. The zero-order chi connectivity index (χ0) is 19.6. The van der Waals surface area contributed by atoms with Crippen molar-refractivity contribution in [2.75, 3.05) is 6.54 Å². The second-order valence-corrected chi connectivity index (χ2v) is 7.06. The number of carbonyl (C=O) groups excluding carboxylic acids is 1. The van der Waals surface area contributed by atoms with E-state index in [2.05, 4.69) is 6.58 Å². The third-order valence-electron chi connectivity index (χ3n) is 5.01. The molecule has 1 aliphatic heterocycles. The van der Waals surface area contributed by atoms with E-state index < -0.39 is 17.5 Å². The van der Waals surface area contributed by atoms with Gasteiger partial charge in [0.2, 0.25) is 0 Å². The van der Waals surface area contributed by atoms with Gasteiger partial charge in [0, 0.05) is 19.4 Å². The highest BCUT2D eigenvalue weighted by Crippen LogP contribution is 2.40. The van der Waals surface area contributed by atoms with E-state index in [4.69, 9.17) is 16.3 Å². The fraction of sp³-hybridized carbons (Fsp3) is 0.286. The second kappa shape index (κ2) is 7.69. The highest BCUT2D eigenvalue weighted by Gasteiger charge is 2.42. The predicted molar refractivity (Wildman–Crippen MR) is 101 cm³/mol. The number of carbonyl (C=O) groups is 1. The van der Waals surface area contributed by atoms with Gasteiger partial charge in [-0.1, -0.05) is 35.9 Å². The van der Waals surface area contributed by atoms with E-state index in [-0.39, 0.29) is 16.9 Å². The van der Waals surface area contributed by atoms with Crippen molar-refractivity contribution < 1.29 is 18.3 Å².